The Balaban J connectivity index is 1.38. The van der Waals surface area contributed by atoms with Gasteiger partial charge < -0.3 is 19.7 Å². The smallest absolute Gasteiger partial charge is 0.257 e. The van der Waals surface area contributed by atoms with Crippen LogP contribution in [0.4, 0.5) is 4.39 Å². The average molecular weight is 533 g/mol. The van der Waals surface area contributed by atoms with E-state index in [4.69, 9.17) is 9.47 Å². The van der Waals surface area contributed by atoms with E-state index in [2.05, 4.69) is 10.3 Å². The van der Waals surface area contributed by atoms with Gasteiger partial charge in [-0.15, -0.1) is 0 Å². The minimum Gasteiger partial charge on any atom is -0.497 e. The molecule has 2 aliphatic heterocycles. The van der Waals surface area contributed by atoms with Gasteiger partial charge in [0, 0.05) is 37.7 Å². The van der Waals surface area contributed by atoms with E-state index < -0.39 is 23.5 Å². The lowest BCUT2D eigenvalue weighted by Gasteiger charge is -2.44. The molecule has 2 fully saturated rings. The number of pyridine rings is 1. The van der Waals surface area contributed by atoms with Crippen molar-refractivity contribution in [3.63, 3.8) is 0 Å². The van der Waals surface area contributed by atoms with E-state index in [1.54, 1.807) is 53.6 Å². The molecule has 0 unspecified atom stereocenters. The number of amides is 3. The highest BCUT2D eigenvalue weighted by Gasteiger charge is 2.54. The average Bonchev–Trinajstić information content (AvgIpc) is 3.34. The number of carbonyl (C=O) groups is 3. The van der Waals surface area contributed by atoms with Crippen molar-refractivity contribution in [2.45, 2.75) is 31.2 Å². The summed E-state index contributed by atoms with van der Waals surface area (Å²) in [5, 5.41) is 2.87. The van der Waals surface area contributed by atoms with E-state index in [-0.39, 0.29) is 56.5 Å². The van der Waals surface area contributed by atoms with E-state index >= 15 is 0 Å². The van der Waals surface area contributed by atoms with Crippen molar-refractivity contribution in [2.24, 2.45) is 0 Å². The summed E-state index contributed by atoms with van der Waals surface area (Å²) in [4.78, 5) is 47.6. The van der Waals surface area contributed by atoms with Crippen molar-refractivity contribution in [1.82, 2.24) is 20.1 Å². The van der Waals surface area contributed by atoms with Gasteiger partial charge in [-0.3, -0.25) is 24.3 Å². The molecule has 0 saturated carbocycles. The van der Waals surface area contributed by atoms with Crippen LogP contribution in [-0.4, -0.2) is 71.1 Å². The van der Waals surface area contributed by atoms with Gasteiger partial charge in [0.25, 0.3) is 11.8 Å². The minimum atomic E-state index is -1.10. The summed E-state index contributed by atoms with van der Waals surface area (Å²) >= 11 is 0. The monoisotopic (exact) mass is 532 g/mol. The lowest BCUT2D eigenvalue weighted by atomic mass is 9.96. The first-order valence-corrected chi connectivity index (χ1v) is 12.7. The SMILES string of the molecule is COc1cccc(C(=O)N2[C@@H](C(=O)NCc3ccccn3)COC23CCN(C(=O)c2ccccc2F)CC3)c1. The third kappa shape index (κ3) is 5.33. The van der Waals surface area contributed by atoms with Crippen LogP contribution in [-0.2, 0) is 16.1 Å². The van der Waals surface area contributed by atoms with Crippen LogP contribution in [0.5, 0.6) is 5.75 Å². The van der Waals surface area contributed by atoms with E-state index in [0.29, 0.717) is 17.0 Å². The van der Waals surface area contributed by atoms with Gasteiger partial charge in [-0.2, -0.15) is 0 Å². The maximum absolute atomic E-state index is 14.3. The summed E-state index contributed by atoms with van der Waals surface area (Å²) in [6, 6.07) is 17.1. The molecule has 5 rings (SSSR count). The summed E-state index contributed by atoms with van der Waals surface area (Å²) in [6.45, 7) is 0.676. The lowest BCUT2D eigenvalue weighted by Crippen LogP contribution is -2.59. The number of benzene rings is 2. The molecular weight excluding hydrogens is 503 g/mol. The van der Waals surface area contributed by atoms with Gasteiger partial charge in [0.15, 0.2) is 0 Å². The van der Waals surface area contributed by atoms with Gasteiger partial charge in [0.2, 0.25) is 5.91 Å². The molecule has 1 aromatic heterocycles. The molecule has 3 aromatic rings. The Labute approximate surface area is 225 Å². The first-order chi connectivity index (χ1) is 18.9. The predicted octanol–water partition coefficient (Wildman–Crippen LogP) is 3.02. The normalized spacial score (nSPS) is 18.2. The van der Waals surface area contributed by atoms with Gasteiger partial charge in [-0.05, 0) is 42.5 Å². The van der Waals surface area contributed by atoms with Crippen molar-refractivity contribution in [3.8, 4) is 5.75 Å². The van der Waals surface area contributed by atoms with Crippen LogP contribution in [0.25, 0.3) is 0 Å². The maximum atomic E-state index is 14.3. The van der Waals surface area contributed by atoms with Crippen LogP contribution in [0.2, 0.25) is 0 Å². The number of hydrogen-bond donors (Lipinski definition) is 1. The molecule has 9 nitrogen and oxygen atoms in total. The van der Waals surface area contributed by atoms with E-state index in [9.17, 15) is 18.8 Å². The Morgan fingerprint density at radius 3 is 2.54 bits per heavy atom. The first kappa shape index (κ1) is 26.3. The fourth-order valence-corrected chi connectivity index (χ4v) is 5.12. The Bertz CT molecular complexity index is 1360. The number of halogens is 1. The second kappa shape index (κ2) is 11.2. The van der Waals surface area contributed by atoms with Crippen molar-refractivity contribution in [2.75, 3.05) is 26.8 Å². The number of aromatic nitrogens is 1. The zero-order chi connectivity index (χ0) is 27.4. The number of rotatable bonds is 6. The number of nitrogens with one attached hydrogen (secondary N) is 1. The van der Waals surface area contributed by atoms with Crippen molar-refractivity contribution < 1.29 is 28.2 Å². The molecule has 2 aliphatic rings. The number of ether oxygens (including phenoxy) is 2. The van der Waals surface area contributed by atoms with E-state index in [1.165, 1.54) is 30.2 Å². The molecule has 0 aliphatic carbocycles. The fourth-order valence-electron chi connectivity index (χ4n) is 5.12. The van der Waals surface area contributed by atoms with Crippen molar-refractivity contribution in [3.05, 3.63) is 95.6 Å². The number of methoxy groups -OCH3 is 1. The molecule has 1 spiro atoms. The highest BCUT2D eigenvalue weighted by Crippen LogP contribution is 2.39. The molecular formula is C29H29FN4O5. The Hall–Kier alpha value is -4.31. The zero-order valence-electron chi connectivity index (χ0n) is 21.5. The summed E-state index contributed by atoms with van der Waals surface area (Å²) in [7, 11) is 1.51. The second-order valence-electron chi connectivity index (χ2n) is 9.49. The molecule has 3 heterocycles. The third-order valence-electron chi connectivity index (χ3n) is 7.20. The van der Waals surface area contributed by atoms with Crippen LogP contribution in [0.1, 0.15) is 39.3 Å². The van der Waals surface area contributed by atoms with Crippen LogP contribution in [0.15, 0.2) is 72.9 Å². The Morgan fingerprint density at radius 1 is 1.05 bits per heavy atom. The zero-order valence-corrected chi connectivity index (χ0v) is 21.5. The molecule has 202 valence electrons. The number of nitrogens with zero attached hydrogens (tertiary/aromatic N) is 3. The first-order valence-electron chi connectivity index (χ1n) is 12.7. The van der Waals surface area contributed by atoms with E-state index in [1.807, 2.05) is 6.07 Å². The largest absolute Gasteiger partial charge is 0.497 e. The minimum absolute atomic E-state index is 0.00289. The Morgan fingerprint density at radius 2 is 1.82 bits per heavy atom. The standard InChI is InChI=1S/C29H29FN4O5/c1-38-22-9-6-7-20(17-22)27(36)34-25(26(35)32-18-21-8-4-5-14-31-21)19-39-29(34)12-15-33(16-13-29)28(37)23-10-2-3-11-24(23)30/h2-11,14,17,25H,12-13,15-16,18-19H2,1H3,(H,32,35)/t25-/m1/s1. The molecule has 3 amide bonds. The quantitative estimate of drug-likeness (QED) is 0.524. The number of piperidine rings is 1. The lowest BCUT2D eigenvalue weighted by molar-refractivity contribution is -0.128. The van der Waals surface area contributed by atoms with Crippen molar-refractivity contribution >= 4 is 17.7 Å². The summed E-state index contributed by atoms with van der Waals surface area (Å²) in [5.41, 5.74) is -0.0623. The molecule has 39 heavy (non-hydrogen) atoms. The van der Waals surface area contributed by atoms with Crippen LogP contribution in [0.3, 0.4) is 0 Å². The summed E-state index contributed by atoms with van der Waals surface area (Å²) in [5.74, 6) is -1.23. The molecule has 2 saturated heterocycles. The molecule has 1 atom stereocenters. The van der Waals surface area contributed by atoms with Gasteiger partial charge in [0.05, 0.1) is 31.5 Å². The Kier molecular flexibility index (Phi) is 7.56. The molecule has 0 bridgehead atoms. The van der Waals surface area contributed by atoms with Gasteiger partial charge in [-0.1, -0.05) is 24.3 Å². The van der Waals surface area contributed by atoms with Crippen LogP contribution < -0.4 is 10.1 Å². The third-order valence-corrected chi connectivity index (χ3v) is 7.20. The van der Waals surface area contributed by atoms with Crippen molar-refractivity contribution in [1.29, 1.82) is 0 Å². The maximum Gasteiger partial charge on any atom is 0.257 e. The number of hydrogen-bond acceptors (Lipinski definition) is 6. The number of likely N-dealkylation sites (tertiary alicyclic amines) is 1. The second-order valence-corrected chi connectivity index (χ2v) is 9.49. The van der Waals surface area contributed by atoms with Gasteiger partial charge in [0.1, 0.15) is 23.3 Å². The number of carbonyl (C=O) groups excluding carboxylic acids is 3. The predicted molar refractivity (Wildman–Crippen MR) is 139 cm³/mol. The highest BCUT2D eigenvalue weighted by atomic mass is 19.1. The molecule has 10 heteroatoms. The summed E-state index contributed by atoms with van der Waals surface area (Å²) in [6.07, 6.45) is 2.18. The van der Waals surface area contributed by atoms with Crippen LogP contribution in [0, 0.1) is 5.82 Å². The van der Waals surface area contributed by atoms with Crippen LogP contribution >= 0.6 is 0 Å². The molecule has 2 aromatic carbocycles. The fraction of sp³-hybridized carbons (Fsp3) is 0.310. The molecule has 0 radical (unpaired) electrons. The van der Waals surface area contributed by atoms with E-state index in [0.717, 1.165) is 0 Å². The van der Waals surface area contributed by atoms with Gasteiger partial charge >= 0.3 is 0 Å². The molecule has 1 N–H and O–H groups in total. The van der Waals surface area contributed by atoms with Gasteiger partial charge in [-0.25, -0.2) is 4.39 Å². The topological polar surface area (TPSA) is 101 Å². The summed E-state index contributed by atoms with van der Waals surface area (Å²) < 4.78 is 25.8. The highest BCUT2D eigenvalue weighted by molar-refractivity contribution is 5.99.